The lowest BCUT2D eigenvalue weighted by atomic mass is 10.00. The fourth-order valence-corrected chi connectivity index (χ4v) is 7.62. The molecule has 0 saturated heterocycles. The van der Waals surface area contributed by atoms with Crippen LogP contribution in [-0.4, -0.2) is 4.98 Å². The second-order valence-corrected chi connectivity index (χ2v) is 13.1. The van der Waals surface area contributed by atoms with Crippen LogP contribution in [0.4, 0.5) is 17.1 Å². The summed E-state index contributed by atoms with van der Waals surface area (Å²) in [6.07, 6.45) is 0. The predicted molar refractivity (Wildman–Crippen MR) is 212 cm³/mol. The fraction of sp³-hybridized carbons (Fsp3) is 0. The molecule has 11 rings (SSSR count). The molecule has 0 amide bonds. The van der Waals surface area contributed by atoms with Crippen LogP contribution in [0.5, 0.6) is 0 Å². The Labute approximate surface area is 297 Å². The molecule has 11 aromatic rings. The average molecular weight is 669 g/mol. The van der Waals surface area contributed by atoms with Crippen molar-refractivity contribution < 1.29 is 13.3 Å². The molecule has 0 fully saturated rings. The van der Waals surface area contributed by atoms with Gasteiger partial charge in [-0.3, -0.25) is 0 Å². The van der Waals surface area contributed by atoms with E-state index in [9.17, 15) is 0 Å². The van der Waals surface area contributed by atoms with Crippen molar-refractivity contribution in [2.45, 2.75) is 0 Å². The summed E-state index contributed by atoms with van der Waals surface area (Å²) in [6.45, 7) is 0. The van der Waals surface area contributed by atoms with Crippen LogP contribution < -0.4 is 4.90 Å². The first-order valence-corrected chi connectivity index (χ1v) is 17.4. The number of rotatable bonds is 5. The van der Waals surface area contributed by atoms with Gasteiger partial charge in [-0.1, -0.05) is 97.1 Å². The van der Waals surface area contributed by atoms with Gasteiger partial charge in [-0.15, -0.1) is 0 Å². The maximum absolute atomic E-state index is 6.78. The molecule has 5 heteroatoms. The van der Waals surface area contributed by atoms with E-state index in [-0.39, 0.29) is 0 Å². The van der Waals surface area contributed by atoms with E-state index in [0.29, 0.717) is 5.89 Å². The molecule has 0 aliphatic heterocycles. The fourth-order valence-electron chi connectivity index (χ4n) is 7.62. The van der Waals surface area contributed by atoms with Crippen molar-refractivity contribution in [3.8, 4) is 22.6 Å². The lowest BCUT2D eigenvalue weighted by molar-refractivity contribution is 0.620. The Hall–Kier alpha value is -7.11. The summed E-state index contributed by atoms with van der Waals surface area (Å²) in [5.41, 5.74) is 11.3. The number of hydrogen-bond acceptors (Lipinski definition) is 5. The van der Waals surface area contributed by atoms with Crippen LogP contribution in [-0.2, 0) is 0 Å². The van der Waals surface area contributed by atoms with Gasteiger partial charge in [0.1, 0.15) is 27.8 Å². The van der Waals surface area contributed by atoms with Crippen LogP contribution in [0.2, 0.25) is 0 Å². The molecule has 0 aliphatic rings. The van der Waals surface area contributed by atoms with Crippen molar-refractivity contribution >= 4 is 82.8 Å². The van der Waals surface area contributed by atoms with Crippen LogP contribution in [0.3, 0.4) is 0 Å². The minimum absolute atomic E-state index is 0.595. The van der Waals surface area contributed by atoms with Crippen LogP contribution in [0, 0.1) is 0 Å². The molecule has 0 unspecified atom stereocenters. The second kappa shape index (κ2) is 11.2. The Morgan fingerprint density at radius 3 is 1.85 bits per heavy atom. The summed E-state index contributed by atoms with van der Waals surface area (Å²) in [4.78, 5) is 7.14. The molecular formula is C47H28N2O3. The first kappa shape index (κ1) is 28.7. The lowest BCUT2D eigenvalue weighted by Crippen LogP contribution is -2.09. The maximum atomic E-state index is 6.78. The lowest BCUT2D eigenvalue weighted by Gasteiger charge is -2.25. The Bertz CT molecular complexity index is 3100. The van der Waals surface area contributed by atoms with Crippen molar-refractivity contribution in [3.63, 3.8) is 0 Å². The summed E-state index contributed by atoms with van der Waals surface area (Å²) in [5, 5.41) is 6.25. The second-order valence-electron chi connectivity index (χ2n) is 13.1. The van der Waals surface area contributed by atoms with Gasteiger partial charge in [-0.25, -0.2) is 4.98 Å². The highest BCUT2D eigenvalue weighted by molar-refractivity contribution is 6.19. The van der Waals surface area contributed by atoms with Crippen molar-refractivity contribution in [1.82, 2.24) is 4.98 Å². The summed E-state index contributed by atoms with van der Waals surface area (Å²) < 4.78 is 19.3. The molecule has 0 spiro atoms. The van der Waals surface area contributed by atoms with Crippen molar-refractivity contribution in [2.24, 2.45) is 0 Å². The number of anilines is 3. The minimum atomic E-state index is 0.595. The first-order chi connectivity index (χ1) is 25.7. The molecule has 0 atom stereocenters. The van der Waals surface area contributed by atoms with Gasteiger partial charge >= 0.3 is 0 Å². The molecule has 0 aliphatic carbocycles. The third-order valence-electron chi connectivity index (χ3n) is 10.1. The first-order valence-electron chi connectivity index (χ1n) is 17.4. The molecular weight excluding hydrogens is 641 g/mol. The summed E-state index contributed by atoms with van der Waals surface area (Å²) in [7, 11) is 0. The van der Waals surface area contributed by atoms with Gasteiger partial charge in [0.15, 0.2) is 5.58 Å². The molecule has 3 heterocycles. The SMILES string of the molecule is c1ccc(-c2ccc(N(c3ccc4c(c3)oc3c5ccccc5c(-c5nc6ccccc6o5)cc43)c3ccc4oc5ccccc5c4c3)cc2)cc1. The quantitative estimate of drug-likeness (QED) is 0.183. The van der Waals surface area contributed by atoms with E-state index in [0.717, 1.165) is 93.9 Å². The smallest absolute Gasteiger partial charge is 0.227 e. The molecule has 0 bridgehead atoms. The van der Waals surface area contributed by atoms with Crippen LogP contribution in [0.15, 0.2) is 183 Å². The van der Waals surface area contributed by atoms with Crippen LogP contribution >= 0.6 is 0 Å². The number of benzene rings is 8. The van der Waals surface area contributed by atoms with Gasteiger partial charge in [0.25, 0.3) is 0 Å². The third kappa shape index (κ3) is 4.46. The van der Waals surface area contributed by atoms with Gasteiger partial charge in [0.05, 0.1) is 0 Å². The number of para-hydroxylation sites is 3. The average Bonchev–Trinajstić information content (AvgIpc) is 3.91. The molecule has 0 saturated carbocycles. The van der Waals surface area contributed by atoms with Crippen molar-refractivity contribution in [2.75, 3.05) is 4.90 Å². The summed E-state index contributed by atoms with van der Waals surface area (Å²) in [6, 6.07) is 58.6. The minimum Gasteiger partial charge on any atom is -0.456 e. The molecule has 0 N–H and O–H groups in total. The van der Waals surface area contributed by atoms with Gasteiger partial charge in [0, 0.05) is 55.6 Å². The Kier molecular flexibility index (Phi) is 6.18. The number of oxazole rings is 1. The molecule has 244 valence electrons. The van der Waals surface area contributed by atoms with E-state index in [1.807, 2.05) is 54.6 Å². The third-order valence-corrected chi connectivity index (χ3v) is 10.1. The molecule has 5 nitrogen and oxygen atoms in total. The standard InChI is InChI=1S/C47H28N2O3/c1-2-10-29(11-3-1)30-18-20-31(21-19-30)49(32-23-25-43-38(26-32)35-13-6-8-16-42(35)50-43)33-22-24-36-39-28-40(47-48-41-15-7-9-17-44(41)52-47)34-12-4-5-14-37(34)46(39)51-45(36)27-33/h1-28H. The van der Waals surface area contributed by atoms with E-state index in [1.54, 1.807) is 0 Å². The summed E-state index contributed by atoms with van der Waals surface area (Å²) >= 11 is 0. The Morgan fingerprint density at radius 1 is 0.365 bits per heavy atom. The van der Waals surface area contributed by atoms with Crippen LogP contribution in [0.25, 0.3) is 88.3 Å². The number of furan rings is 2. The number of nitrogens with zero attached hydrogens (tertiary/aromatic N) is 2. The zero-order valence-corrected chi connectivity index (χ0v) is 27.8. The summed E-state index contributed by atoms with van der Waals surface area (Å²) in [5.74, 6) is 0.595. The normalized spacial score (nSPS) is 11.8. The zero-order valence-electron chi connectivity index (χ0n) is 27.8. The topological polar surface area (TPSA) is 55.6 Å². The molecule has 3 aromatic heterocycles. The Balaban J connectivity index is 1.10. The number of aromatic nitrogens is 1. The van der Waals surface area contributed by atoms with Gasteiger partial charge in [-0.2, -0.15) is 0 Å². The van der Waals surface area contributed by atoms with E-state index < -0.39 is 0 Å². The van der Waals surface area contributed by atoms with Crippen LogP contribution in [0.1, 0.15) is 0 Å². The zero-order chi connectivity index (χ0) is 34.2. The van der Waals surface area contributed by atoms with E-state index >= 15 is 0 Å². The highest BCUT2D eigenvalue weighted by Gasteiger charge is 2.21. The molecule has 52 heavy (non-hydrogen) atoms. The van der Waals surface area contributed by atoms with E-state index in [1.165, 1.54) is 5.56 Å². The Morgan fingerprint density at radius 2 is 1.00 bits per heavy atom. The predicted octanol–water partition coefficient (Wildman–Crippen LogP) is 13.6. The number of fused-ring (bicyclic) bond motifs is 9. The highest BCUT2D eigenvalue weighted by atomic mass is 16.3. The monoisotopic (exact) mass is 668 g/mol. The van der Waals surface area contributed by atoms with E-state index in [4.69, 9.17) is 18.2 Å². The maximum Gasteiger partial charge on any atom is 0.227 e. The molecule has 8 aromatic carbocycles. The van der Waals surface area contributed by atoms with Gasteiger partial charge < -0.3 is 18.2 Å². The van der Waals surface area contributed by atoms with Gasteiger partial charge in [0.2, 0.25) is 5.89 Å². The van der Waals surface area contributed by atoms with Crippen molar-refractivity contribution in [1.29, 1.82) is 0 Å². The van der Waals surface area contributed by atoms with E-state index in [2.05, 4.69) is 120 Å². The molecule has 0 radical (unpaired) electrons. The van der Waals surface area contributed by atoms with Gasteiger partial charge in [-0.05, 0) is 83.2 Å². The van der Waals surface area contributed by atoms with Crippen molar-refractivity contribution in [3.05, 3.63) is 170 Å². The largest absolute Gasteiger partial charge is 0.456 e. The highest BCUT2D eigenvalue weighted by Crippen LogP contribution is 2.44. The number of hydrogen-bond donors (Lipinski definition) is 0.